The van der Waals surface area contributed by atoms with Crippen molar-refractivity contribution < 1.29 is 9.32 Å². The van der Waals surface area contributed by atoms with E-state index >= 15 is 0 Å². The first kappa shape index (κ1) is 13.8. The van der Waals surface area contributed by atoms with E-state index in [4.69, 9.17) is 4.52 Å². The number of aromatic nitrogens is 2. The Morgan fingerprint density at radius 1 is 1.33 bits per heavy atom. The topological polar surface area (TPSA) is 59.2 Å². The average Bonchev–Trinajstić information content (AvgIpc) is 3.03. The average molecular weight is 301 g/mol. The van der Waals surface area contributed by atoms with Crippen molar-refractivity contribution in [3.05, 3.63) is 41.3 Å². The Morgan fingerprint density at radius 3 is 2.71 bits per heavy atom. The maximum absolute atomic E-state index is 12.7. The fourth-order valence-electron chi connectivity index (χ4n) is 2.26. The molecule has 0 bridgehead atoms. The summed E-state index contributed by atoms with van der Waals surface area (Å²) in [5.41, 5.74) is 2.04. The van der Waals surface area contributed by atoms with E-state index in [-0.39, 0.29) is 5.91 Å². The second kappa shape index (κ2) is 5.29. The number of thiazole rings is 1. The highest BCUT2D eigenvalue weighted by molar-refractivity contribution is 7.22. The fourth-order valence-corrected chi connectivity index (χ4v) is 3.29. The molecule has 3 rings (SSSR count). The number of rotatable bonds is 3. The molecule has 5 nitrogen and oxygen atoms in total. The van der Waals surface area contributed by atoms with Crippen LogP contribution in [0.25, 0.3) is 10.2 Å². The monoisotopic (exact) mass is 301 g/mol. The summed E-state index contributed by atoms with van der Waals surface area (Å²) < 4.78 is 6.16. The van der Waals surface area contributed by atoms with E-state index in [1.54, 1.807) is 18.7 Å². The van der Waals surface area contributed by atoms with Crippen molar-refractivity contribution in [1.29, 1.82) is 0 Å². The van der Waals surface area contributed by atoms with E-state index < -0.39 is 0 Å². The Bertz CT molecular complexity index is 754. The SMILES string of the molecule is CCN(C(=O)c1c(C)noc1C)c1nc2ccccc2s1. The Morgan fingerprint density at radius 2 is 2.10 bits per heavy atom. The molecule has 0 radical (unpaired) electrons. The molecule has 0 fully saturated rings. The highest BCUT2D eigenvalue weighted by Gasteiger charge is 2.25. The molecule has 0 spiro atoms. The molecule has 108 valence electrons. The molecule has 0 saturated carbocycles. The molecule has 0 aliphatic carbocycles. The van der Waals surface area contributed by atoms with Crippen LogP contribution in [0.1, 0.15) is 28.7 Å². The standard InChI is InChI=1S/C15H15N3O2S/c1-4-18(14(19)13-9(2)17-20-10(13)3)15-16-11-7-5-6-8-12(11)21-15/h5-8H,4H2,1-3H3. The van der Waals surface area contributed by atoms with E-state index in [0.717, 1.165) is 10.2 Å². The second-order valence-corrected chi connectivity index (χ2v) is 5.72. The minimum Gasteiger partial charge on any atom is -0.361 e. The van der Waals surface area contributed by atoms with Crippen LogP contribution >= 0.6 is 11.3 Å². The van der Waals surface area contributed by atoms with Crippen LogP contribution in [0.5, 0.6) is 0 Å². The van der Waals surface area contributed by atoms with Crippen LogP contribution in [0.3, 0.4) is 0 Å². The molecule has 1 amide bonds. The van der Waals surface area contributed by atoms with Crippen molar-refractivity contribution in [2.75, 3.05) is 11.4 Å². The van der Waals surface area contributed by atoms with Gasteiger partial charge in [0.2, 0.25) is 0 Å². The first-order valence-corrected chi connectivity index (χ1v) is 7.53. The molecule has 0 aliphatic rings. The smallest absolute Gasteiger partial charge is 0.265 e. The molecule has 3 aromatic rings. The number of carbonyl (C=O) groups excluding carboxylic acids is 1. The van der Waals surface area contributed by atoms with E-state index in [1.807, 2.05) is 31.2 Å². The Labute approximate surface area is 126 Å². The number of carbonyl (C=O) groups is 1. The molecule has 0 aliphatic heterocycles. The summed E-state index contributed by atoms with van der Waals surface area (Å²) in [7, 11) is 0. The lowest BCUT2D eigenvalue weighted by molar-refractivity contribution is 0.0986. The molecule has 1 aromatic carbocycles. The summed E-state index contributed by atoms with van der Waals surface area (Å²) in [4.78, 5) is 19.0. The van der Waals surface area contributed by atoms with Gasteiger partial charge in [0, 0.05) is 6.54 Å². The number of para-hydroxylation sites is 1. The summed E-state index contributed by atoms with van der Waals surface area (Å²) in [6.07, 6.45) is 0. The van der Waals surface area contributed by atoms with E-state index in [9.17, 15) is 4.79 Å². The molecule has 0 saturated heterocycles. The van der Waals surface area contributed by atoms with Gasteiger partial charge in [-0.25, -0.2) is 4.98 Å². The maximum Gasteiger partial charge on any atom is 0.265 e. The molecular weight excluding hydrogens is 286 g/mol. The zero-order valence-electron chi connectivity index (χ0n) is 12.1. The van der Waals surface area contributed by atoms with Crippen LogP contribution < -0.4 is 4.90 Å². The van der Waals surface area contributed by atoms with Crippen molar-refractivity contribution in [3.63, 3.8) is 0 Å². The van der Waals surface area contributed by atoms with Gasteiger partial charge in [0.25, 0.3) is 5.91 Å². The quantitative estimate of drug-likeness (QED) is 0.742. The lowest BCUT2D eigenvalue weighted by atomic mass is 10.2. The highest BCUT2D eigenvalue weighted by Crippen LogP contribution is 2.30. The number of anilines is 1. The zero-order valence-corrected chi connectivity index (χ0v) is 12.9. The van der Waals surface area contributed by atoms with Crippen LogP contribution in [0.15, 0.2) is 28.8 Å². The normalized spacial score (nSPS) is 11.0. The van der Waals surface area contributed by atoms with Crippen LogP contribution in [-0.4, -0.2) is 22.6 Å². The van der Waals surface area contributed by atoms with Gasteiger partial charge in [-0.3, -0.25) is 9.69 Å². The number of hydrogen-bond donors (Lipinski definition) is 0. The van der Waals surface area contributed by atoms with Crippen molar-refractivity contribution >= 4 is 32.6 Å². The van der Waals surface area contributed by atoms with Crippen LogP contribution in [0.4, 0.5) is 5.13 Å². The van der Waals surface area contributed by atoms with E-state index in [2.05, 4.69) is 10.1 Å². The molecule has 2 heterocycles. The Balaban J connectivity index is 2.03. The Hall–Kier alpha value is -2.21. The number of nitrogens with zero attached hydrogens (tertiary/aromatic N) is 3. The van der Waals surface area contributed by atoms with Gasteiger partial charge in [-0.15, -0.1) is 0 Å². The third-order valence-corrected chi connectivity index (χ3v) is 4.38. The minimum absolute atomic E-state index is 0.118. The van der Waals surface area contributed by atoms with E-state index in [0.29, 0.717) is 28.7 Å². The lowest BCUT2D eigenvalue weighted by Crippen LogP contribution is -2.31. The molecule has 21 heavy (non-hydrogen) atoms. The van der Waals surface area contributed by atoms with Crippen molar-refractivity contribution in [2.45, 2.75) is 20.8 Å². The number of amides is 1. The number of aryl methyl sites for hydroxylation is 2. The minimum atomic E-state index is -0.118. The van der Waals surface area contributed by atoms with Crippen LogP contribution in [-0.2, 0) is 0 Å². The third kappa shape index (κ3) is 2.31. The third-order valence-electron chi connectivity index (χ3n) is 3.32. The number of hydrogen-bond acceptors (Lipinski definition) is 5. The first-order valence-electron chi connectivity index (χ1n) is 6.72. The Kier molecular flexibility index (Phi) is 3.47. The van der Waals surface area contributed by atoms with Gasteiger partial charge < -0.3 is 4.52 Å². The van der Waals surface area contributed by atoms with Crippen molar-refractivity contribution in [2.24, 2.45) is 0 Å². The van der Waals surface area contributed by atoms with Crippen molar-refractivity contribution in [3.8, 4) is 0 Å². The molecule has 0 unspecified atom stereocenters. The van der Waals surface area contributed by atoms with Gasteiger partial charge in [0.15, 0.2) is 5.13 Å². The predicted molar refractivity (Wildman–Crippen MR) is 82.9 cm³/mol. The molecule has 0 N–H and O–H groups in total. The molecular formula is C15H15N3O2S. The zero-order chi connectivity index (χ0) is 15.0. The summed E-state index contributed by atoms with van der Waals surface area (Å²) in [6, 6.07) is 7.86. The lowest BCUT2D eigenvalue weighted by Gasteiger charge is -2.17. The maximum atomic E-state index is 12.7. The van der Waals surface area contributed by atoms with Gasteiger partial charge in [-0.05, 0) is 32.9 Å². The molecule has 0 atom stereocenters. The molecule has 2 aromatic heterocycles. The summed E-state index contributed by atoms with van der Waals surface area (Å²) >= 11 is 1.51. The summed E-state index contributed by atoms with van der Waals surface area (Å²) in [5.74, 6) is 0.421. The van der Waals surface area contributed by atoms with Crippen LogP contribution in [0.2, 0.25) is 0 Å². The number of benzene rings is 1. The van der Waals surface area contributed by atoms with Crippen LogP contribution in [0, 0.1) is 13.8 Å². The first-order chi connectivity index (χ1) is 10.1. The molecule has 6 heteroatoms. The van der Waals surface area contributed by atoms with Gasteiger partial charge in [0.1, 0.15) is 11.3 Å². The number of fused-ring (bicyclic) bond motifs is 1. The highest BCUT2D eigenvalue weighted by atomic mass is 32.1. The summed E-state index contributed by atoms with van der Waals surface area (Å²) in [6.45, 7) is 6.00. The largest absolute Gasteiger partial charge is 0.361 e. The fraction of sp³-hybridized carbons (Fsp3) is 0.267. The predicted octanol–water partition coefficient (Wildman–Crippen LogP) is 3.57. The second-order valence-electron chi connectivity index (χ2n) is 4.71. The van der Waals surface area contributed by atoms with Crippen molar-refractivity contribution in [1.82, 2.24) is 10.1 Å². The van der Waals surface area contributed by atoms with Gasteiger partial charge in [-0.1, -0.05) is 28.6 Å². The summed E-state index contributed by atoms with van der Waals surface area (Å²) in [5, 5.41) is 4.55. The van der Waals surface area contributed by atoms with Gasteiger partial charge >= 0.3 is 0 Å². The van der Waals surface area contributed by atoms with E-state index in [1.165, 1.54) is 11.3 Å². The van der Waals surface area contributed by atoms with Gasteiger partial charge in [0.05, 0.1) is 15.9 Å². The van der Waals surface area contributed by atoms with Gasteiger partial charge in [-0.2, -0.15) is 0 Å².